The zero-order valence-corrected chi connectivity index (χ0v) is 10.3. The number of rotatable bonds is 5. The molecule has 0 saturated carbocycles. The molecule has 2 rings (SSSR count). The number of amides is 1. The van der Waals surface area contributed by atoms with Crippen LogP contribution in [0, 0.1) is 5.82 Å². The molecule has 0 radical (unpaired) electrons. The van der Waals surface area contributed by atoms with E-state index in [0.29, 0.717) is 12.4 Å². The molecule has 98 valence electrons. The highest BCUT2D eigenvalue weighted by Gasteiger charge is 2.10. The van der Waals surface area contributed by atoms with Crippen molar-refractivity contribution in [3.63, 3.8) is 0 Å². The number of benzene rings is 1. The number of nitrogens with two attached hydrogens (primary N) is 1. The number of hydrogen-bond donors (Lipinski definition) is 2. The zero-order valence-electron chi connectivity index (χ0n) is 10.3. The maximum absolute atomic E-state index is 13.0. The van der Waals surface area contributed by atoms with Crippen LogP contribution in [0.1, 0.15) is 15.9 Å². The highest BCUT2D eigenvalue weighted by Crippen LogP contribution is 2.13. The Morgan fingerprint density at radius 2 is 2.05 bits per heavy atom. The van der Waals surface area contributed by atoms with Crippen molar-refractivity contribution in [1.82, 2.24) is 4.98 Å². The van der Waals surface area contributed by atoms with Crippen molar-refractivity contribution in [2.45, 2.75) is 6.42 Å². The molecule has 5 heteroatoms. The summed E-state index contributed by atoms with van der Waals surface area (Å²) in [7, 11) is 0. The Balaban J connectivity index is 2.02. The third-order valence-electron chi connectivity index (χ3n) is 2.67. The molecular formula is C14H14FN3O. The summed E-state index contributed by atoms with van der Waals surface area (Å²) in [5.41, 5.74) is 6.41. The molecule has 0 aliphatic rings. The lowest BCUT2D eigenvalue weighted by Crippen LogP contribution is -2.17. The van der Waals surface area contributed by atoms with Crippen LogP contribution in [0.15, 0.2) is 42.6 Å². The topological polar surface area (TPSA) is 68.0 Å². The normalized spacial score (nSPS) is 10.2. The molecule has 1 aromatic heterocycles. The summed E-state index contributed by atoms with van der Waals surface area (Å²) in [5, 5.41) is 2.99. The van der Waals surface area contributed by atoms with Gasteiger partial charge in [0, 0.05) is 6.54 Å². The Kier molecular flexibility index (Phi) is 4.07. The molecule has 0 bridgehead atoms. The Morgan fingerprint density at radius 1 is 1.32 bits per heavy atom. The average molecular weight is 259 g/mol. The summed E-state index contributed by atoms with van der Waals surface area (Å²) < 4.78 is 13.0. The first-order chi connectivity index (χ1) is 9.16. The zero-order chi connectivity index (χ0) is 13.7. The van der Waals surface area contributed by atoms with Gasteiger partial charge in [-0.2, -0.15) is 0 Å². The average Bonchev–Trinajstić information content (AvgIpc) is 2.41. The molecule has 0 aliphatic carbocycles. The number of halogens is 1. The van der Waals surface area contributed by atoms with Gasteiger partial charge in [0.1, 0.15) is 11.6 Å². The number of nitrogens with one attached hydrogen (secondary N) is 1. The predicted molar refractivity (Wildman–Crippen MR) is 71.3 cm³/mol. The van der Waals surface area contributed by atoms with Crippen molar-refractivity contribution in [2.24, 2.45) is 5.73 Å². The van der Waals surface area contributed by atoms with Gasteiger partial charge in [-0.15, -0.1) is 0 Å². The van der Waals surface area contributed by atoms with Crippen molar-refractivity contribution in [2.75, 3.05) is 11.9 Å². The third-order valence-corrected chi connectivity index (χ3v) is 2.67. The number of primary amides is 1. The van der Waals surface area contributed by atoms with E-state index in [1.165, 1.54) is 0 Å². The van der Waals surface area contributed by atoms with Crippen LogP contribution in [0.3, 0.4) is 0 Å². The molecule has 2 aromatic rings. The van der Waals surface area contributed by atoms with Crippen LogP contribution in [0.2, 0.25) is 0 Å². The minimum atomic E-state index is -0.700. The molecule has 1 amide bonds. The fourth-order valence-corrected chi connectivity index (χ4v) is 1.74. The summed E-state index contributed by atoms with van der Waals surface area (Å²) >= 11 is 0. The summed E-state index contributed by atoms with van der Waals surface area (Å²) in [6, 6.07) is 11.0. The fourth-order valence-electron chi connectivity index (χ4n) is 1.74. The van der Waals surface area contributed by atoms with Crippen molar-refractivity contribution >= 4 is 11.7 Å². The quantitative estimate of drug-likeness (QED) is 0.862. The van der Waals surface area contributed by atoms with Crippen molar-refractivity contribution in [3.05, 3.63) is 59.5 Å². The molecule has 0 aliphatic heterocycles. The number of carbonyl (C=O) groups excluding carboxylic acids is 1. The SMILES string of the molecule is NC(=O)c1cc(F)cnc1NCCc1ccccc1. The lowest BCUT2D eigenvalue weighted by atomic mass is 10.1. The van der Waals surface area contributed by atoms with E-state index in [9.17, 15) is 9.18 Å². The largest absolute Gasteiger partial charge is 0.369 e. The highest BCUT2D eigenvalue weighted by atomic mass is 19.1. The molecule has 1 aromatic carbocycles. The fraction of sp³-hybridized carbons (Fsp3) is 0.143. The minimum Gasteiger partial charge on any atom is -0.369 e. The number of carbonyl (C=O) groups is 1. The van der Waals surface area contributed by atoms with Crippen LogP contribution in [-0.4, -0.2) is 17.4 Å². The van der Waals surface area contributed by atoms with Gasteiger partial charge in [-0.3, -0.25) is 4.79 Å². The Labute approximate surface area is 110 Å². The summed E-state index contributed by atoms with van der Waals surface area (Å²) in [6.07, 6.45) is 1.83. The predicted octanol–water partition coefficient (Wildman–Crippen LogP) is 1.97. The van der Waals surface area contributed by atoms with Crippen LogP contribution in [0.4, 0.5) is 10.2 Å². The number of nitrogens with zero attached hydrogens (tertiary/aromatic N) is 1. The number of aromatic nitrogens is 1. The van der Waals surface area contributed by atoms with Crippen molar-refractivity contribution in [1.29, 1.82) is 0 Å². The molecule has 0 fully saturated rings. The van der Waals surface area contributed by atoms with E-state index in [2.05, 4.69) is 10.3 Å². The first-order valence-electron chi connectivity index (χ1n) is 5.90. The first kappa shape index (κ1) is 13.0. The van der Waals surface area contributed by atoms with E-state index >= 15 is 0 Å². The van der Waals surface area contributed by atoms with Crippen LogP contribution >= 0.6 is 0 Å². The molecule has 0 unspecified atom stereocenters. The summed E-state index contributed by atoms with van der Waals surface area (Å²) in [4.78, 5) is 15.0. The van der Waals surface area contributed by atoms with E-state index in [4.69, 9.17) is 5.73 Å². The van der Waals surface area contributed by atoms with E-state index in [1.807, 2.05) is 30.3 Å². The van der Waals surface area contributed by atoms with Crippen molar-refractivity contribution < 1.29 is 9.18 Å². The second-order valence-electron chi connectivity index (χ2n) is 4.08. The van der Waals surface area contributed by atoms with E-state index in [-0.39, 0.29) is 5.56 Å². The Hall–Kier alpha value is -2.43. The second-order valence-corrected chi connectivity index (χ2v) is 4.08. The van der Waals surface area contributed by atoms with Gasteiger partial charge < -0.3 is 11.1 Å². The lowest BCUT2D eigenvalue weighted by Gasteiger charge is -2.09. The molecule has 19 heavy (non-hydrogen) atoms. The van der Waals surface area contributed by atoms with E-state index < -0.39 is 11.7 Å². The molecule has 0 spiro atoms. The molecule has 4 nitrogen and oxygen atoms in total. The number of hydrogen-bond acceptors (Lipinski definition) is 3. The van der Waals surface area contributed by atoms with Gasteiger partial charge in [0.05, 0.1) is 11.8 Å². The highest BCUT2D eigenvalue weighted by molar-refractivity contribution is 5.97. The van der Waals surface area contributed by atoms with Gasteiger partial charge in [-0.25, -0.2) is 9.37 Å². The smallest absolute Gasteiger partial charge is 0.252 e. The standard InChI is InChI=1S/C14H14FN3O/c15-11-8-12(13(16)19)14(18-9-11)17-7-6-10-4-2-1-3-5-10/h1-5,8-9H,6-7H2,(H2,16,19)(H,17,18). The Morgan fingerprint density at radius 3 is 2.74 bits per heavy atom. The molecule has 3 N–H and O–H groups in total. The maximum atomic E-state index is 13.0. The number of anilines is 1. The van der Waals surface area contributed by atoms with Crippen LogP contribution in [0.25, 0.3) is 0 Å². The van der Waals surface area contributed by atoms with E-state index in [0.717, 1.165) is 24.2 Å². The molecule has 0 atom stereocenters. The van der Waals surface area contributed by atoms with Gasteiger partial charge in [0.25, 0.3) is 5.91 Å². The second kappa shape index (κ2) is 5.95. The van der Waals surface area contributed by atoms with Gasteiger partial charge in [0.2, 0.25) is 0 Å². The van der Waals surface area contributed by atoms with Crippen LogP contribution in [-0.2, 0) is 6.42 Å². The molecule has 1 heterocycles. The van der Waals surface area contributed by atoms with Gasteiger partial charge in [0.15, 0.2) is 0 Å². The van der Waals surface area contributed by atoms with Crippen molar-refractivity contribution in [3.8, 4) is 0 Å². The van der Waals surface area contributed by atoms with Crippen LogP contribution in [0.5, 0.6) is 0 Å². The Bertz CT molecular complexity index is 572. The van der Waals surface area contributed by atoms with Gasteiger partial charge >= 0.3 is 0 Å². The van der Waals surface area contributed by atoms with E-state index in [1.54, 1.807) is 0 Å². The van der Waals surface area contributed by atoms with Crippen LogP contribution < -0.4 is 11.1 Å². The number of pyridine rings is 1. The third kappa shape index (κ3) is 3.51. The maximum Gasteiger partial charge on any atom is 0.252 e. The summed E-state index contributed by atoms with van der Waals surface area (Å²) in [6.45, 7) is 0.586. The molecular weight excluding hydrogens is 245 g/mol. The van der Waals surface area contributed by atoms with Gasteiger partial charge in [-0.1, -0.05) is 30.3 Å². The lowest BCUT2D eigenvalue weighted by molar-refractivity contribution is 0.100. The van der Waals surface area contributed by atoms with Gasteiger partial charge in [-0.05, 0) is 18.1 Å². The summed E-state index contributed by atoms with van der Waals surface area (Å²) in [5.74, 6) is -0.971. The molecule has 0 saturated heterocycles. The monoisotopic (exact) mass is 259 g/mol. The minimum absolute atomic E-state index is 0.0630. The first-order valence-corrected chi connectivity index (χ1v) is 5.90.